The van der Waals surface area contributed by atoms with Gasteiger partial charge in [0.15, 0.2) is 11.1 Å². The Morgan fingerprint density at radius 1 is 1.43 bits per heavy atom. The summed E-state index contributed by atoms with van der Waals surface area (Å²) in [6, 6.07) is 1.84. The van der Waals surface area contributed by atoms with Gasteiger partial charge in [-0.25, -0.2) is 18.9 Å². The zero-order chi connectivity index (χ0) is 19.9. The fraction of sp³-hybridized carbons (Fsp3) is 0.400. The molecule has 0 saturated heterocycles. The maximum Gasteiger partial charge on any atom is 0.415 e. The summed E-state index contributed by atoms with van der Waals surface area (Å²) in [4.78, 5) is 13.4. The number of halogens is 3. The number of nitrogens with zero attached hydrogens (tertiary/aromatic N) is 4. The van der Waals surface area contributed by atoms with Crippen molar-refractivity contribution in [3.8, 4) is 0 Å². The smallest absolute Gasteiger partial charge is 0.382 e. The van der Waals surface area contributed by atoms with Gasteiger partial charge in [-0.3, -0.25) is 0 Å². The Morgan fingerprint density at radius 3 is 3.04 bits per heavy atom. The number of aromatic amines is 1. The van der Waals surface area contributed by atoms with Gasteiger partial charge in [-0.05, 0) is 6.07 Å². The van der Waals surface area contributed by atoms with Crippen LogP contribution < -0.4 is 9.62 Å². The zero-order valence-electron chi connectivity index (χ0n) is 14.2. The number of alkyl halides is 3. The van der Waals surface area contributed by atoms with Gasteiger partial charge in [0, 0.05) is 25.7 Å². The van der Waals surface area contributed by atoms with Crippen molar-refractivity contribution in [3.05, 3.63) is 29.9 Å². The molecule has 3 N–H and O–H groups in total. The molecule has 4 heterocycles. The van der Waals surface area contributed by atoms with E-state index >= 15 is 0 Å². The van der Waals surface area contributed by atoms with E-state index in [1.54, 1.807) is 6.20 Å². The van der Waals surface area contributed by atoms with Crippen molar-refractivity contribution >= 4 is 27.8 Å². The summed E-state index contributed by atoms with van der Waals surface area (Å²) in [6.45, 7) is -0.0657. The molecule has 0 aromatic carbocycles. The molecule has 0 bridgehead atoms. The molecule has 9 nitrogen and oxygen atoms in total. The quantitative estimate of drug-likeness (QED) is 0.569. The number of aliphatic hydroxyl groups is 1. The zero-order valence-corrected chi connectivity index (χ0v) is 15.0. The Bertz CT molecular complexity index is 1020. The highest BCUT2D eigenvalue weighted by Gasteiger charge is 2.38. The topological polar surface area (TPSA) is 120 Å². The third-order valence-corrected chi connectivity index (χ3v) is 5.49. The number of fused-ring (bicyclic) bond motifs is 2. The first-order valence-electron chi connectivity index (χ1n) is 8.25. The lowest BCUT2D eigenvalue weighted by molar-refractivity contribution is -0.200. The molecular formula is C15H15F3N6O3S. The lowest BCUT2D eigenvalue weighted by Gasteiger charge is -2.27. The third kappa shape index (κ3) is 3.47. The number of aromatic nitrogens is 4. The minimum absolute atomic E-state index is 0.00782. The van der Waals surface area contributed by atoms with Crippen molar-refractivity contribution in [2.75, 3.05) is 18.0 Å². The highest BCUT2D eigenvalue weighted by atomic mass is 32.2. The van der Waals surface area contributed by atoms with Gasteiger partial charge in [-0.1, -0.05) is 5.16 Å². The Morgan fingerprint density at radius 2 is 2.25 bits per heavy atom. The van der Waals surface area contributed by atoms with Gasteiger partial charge in [0.05, 0.1) is 17.5 Å². The van der Waals surface area contributed by atoms with Crippen LogP contribution >= 0.6 is 0 Å². The number of nitrogens with one attached hydrogen (secondary N) is 2. The van der Waals surface area contributed by atoms with E-state index in [9.17, 15) is 17.4 Å². The van der Waals surface area contributed by atoms with Crippen LogP contribution in [0.15, 0.2) is 28.1 Å². The lowest BCUT2D eigenvalue weighted by atomic mass is 10.1. The molecule has 0 radical (unpaired) electrons. The summed E-state index contributed by atoms with van der Waals surface area (Å²) in [5.74, 6) is 1.20. The molecule has 4 rings (SSSR count). The molecule has 1 aliphatic rings. The van der Waals surface area contributed by atoms with Crippen molar-refractivity contribution in [3.63, 3.8) is 0 Å². The molecule has 13 heteroatoms. The fourth-order valence-corrected chi connectivity index (χ4v) is 3.91. The third-order valence-electron chi connectivity index (χ3n) is 4.38. The maximum atomic E-state index is 12.4. The van der Waals surface area contributed by atoms with Crippen LogP contribution in [0.2, 0.25) is 0 Å². The summed E-state index contributed by atoms with van der Waals surface area (Å²) < 4.78 is 57.0. The van der Waals surface area contributed by atoms with Crippen molar-refractivity contribution in [1.82, 2.24) is 24.8 Å². The van der Waals surface area contributed by atoms with E-state index in [-0.39, 0.29) is 11.6 Å². The van der Waals surface area contributed by atoms with E-state index in [4.69, 9.17) is 9.63 Å². The lowest BCUT2D eigenvalue weighted by Crippen LogP contribution is -2.39. The van der Waals surface area contributed by atoms with Gasteiger partial charge in [0.25, 0.3) is 0 Å². The van der Waals surface area contributed by atoms with E-state index in [1.165, 1.54) is 6.33 Å². The SMILES string of the molecule is O=S(NCC(O)C(F)(F)F)c1noc2c1CN(c1ncnc3[nH]ccc13)CC2. The van der Waals surface area contributed by atoms with Crippen LogP contribution in [0.1, 0.15) is 11.3 Å². The molecule has 150 valence electrons. The summed E-state index contributed by atoms with van der Waals surface area (Å²) in [5.41, 5.74) is 1.20. The van der Waals surface area contributed by atoms with E-state index in [2.05, 4.69) is 24.8 Å². The molecule has 1 aliphatic heterocycles. The van der Waals surface area contributed by atoms with E-state index in [1.807, 2.05) is 11.0 Å². The van der Waals surface area contributed by atoms with Gasteiger partial charge in [-0.2, -0.15) is 13.2 Å². The van der Waals surface area contributed by atoms with Crippen LogP contribution in [0.25, 0.3) is 11.0 Å². The average Bonchev–Trinajstić information content (AvgIpc) is 3.30. The molecule has 0 aliphatic carbocycles. The van der Waals surface area contributed by atoms with E-state index in [0.29, 0.717) is 35.8 Å². The van der Waals surface area contributed by atoms with Crippen molar-refractivity contribution < 1.29 is 27.0 Å². The Hall–Kier alpha value is -2.51. The van der Waals surface area contributed by atoms with Gasteiger partial charge >= 0.3 is 6.18 Å². The van der Waals surface area contributed by atoms with Gasteiger partial charge in [0.2, 0.25) is 0 Å². The highest BCUT2D eigenvalue weighted by molar-refractivity contribution is 7.83. The van der Waals surface area contributed by atoms with Gasteiger partial charge in [-0.15, -0.1) is 0 Å². The summed E-state index contributed by atoms with van der Waals surface area (Å²) in [5, 5.41) is 13.6. The molecule has 0 fully saturated rings. The Balaban J connectivity index is 1.54. The second kappa shape index (κ2) is 7.14. The van der Waals surface area contributed by atoms with Crippen LogP contribution in [-0.2, 0) is 24.0 Å². The number of rotatable bonds is 5. The Kier molecular flexibility index (Phi) is 4.81. The van der Waals surface area contributed by atoms with Crippen molar-refractivity contribution in [1.29, 1.82) is 0 Å². The van der Waals surface area contributed by atoms with Crippen LogP contribution in [-0.4, -0.2) is 54.8 Å². The minimum Gasteiger partial charge on any atom is -0.382 e. The highest BCUT2D eigenvalue weighted by Crippen LogP contribution is 2.30. The number of anilines is 1. The molecule has 0 saturated carbocycles. The summed E-state index contributed by atoms with van der Waals surface area (Å²) in [7, 11) is -2.07. The van der Waals surface area contributed by atoms with Crippen LogP contribution in [0.4, 0.5) is 19.0 Å². The fourth-order valence-electron chi connectivity index (χ4n) is 2.96. The second-order valence-corrected chi connectivity index (χ2v) is 7.39. The van der Waals surface area contributed by atoms with Crippen LogP contribution in [0.5, 0.6) is 0 Å². The largest absolute Gasteiger partial charge is 0.415 e. The average molecular weight is 416 g/mol. The number of aliphatic hydroxyl groups excluding tert-OH is 1. The first-order chi connectivity index (χ1) is 13.3. The van der Waals surface area contributed by atoms with Crippen LogP contribution in [0.3, 0.4) is 0 Å². The van der Waals surface area contributed by atoms with E-state index in [0.717, 1.165) is 5.39 Å². The number of hydrogen-bond donors (Lipinski definition) is 3. The molecule has 28 heavy (non-hydrogen) atoms. The molecule has 2 atom stereocenters. The standard InChI is InChI=1S/C15H15F3N6O3S/c16-15(17,18)11(25)5-22-28(26)14-9-6-24(4-2-10(9)27-23-14)13-8-1-3-19-12(8)20-7-21-13/h1,3,7,11,22,25H,2,4-6H2,(H,19,20,21). The second-order valence-electron chi connectivity index (χ2n) is 6.17. The van der Waals surface area contributed by atoms with E-state index < -0.39 is 29.8 Å². The summed E-state index contributed by atoms with van der Waals surface area (Å²) >= 11 is 0. The minimum atomic E-state index is -4.80. The Labute approximate surface area is 158 Å². The molecule has 0 spiro atoms. The number of H-pyrrole nitrogens is 1. The van der Waals surface area contributed by atoms with Crippen molar-refractivity contribution in [2.24, 2.45) is 0 Å². The predicted molar refractivity (Wildman–Crippen MR) is 91.6 cm³/mol. The molecule has 0 amide bonds. The molecule has 2 unspecified atom stereocenters. The normalized spacial score (nSPS) is 16.9. The molecular weight excluding hydrogens is 401 g/mol. The van der Waals surface area contributed by atoms with Crippen molar-refractivity contribution in [2.45, 2.75) is 30.3 Å². The van der Waals surface area contributed by atoms with Crippen LogP contribution in [0, 0.1) is 0 Å². The monoisotopic (exact) mass is 416 g/mol. The first-order valence-corrected chi connectivity index (χ1v) is 9.40. The summed E-state index contributed by atoms with van der Waals surface area (Å²) in [6.07, 6.45) is -3.78. The molecule has 3 aromatic heterocycles. The molecule has 3 aromatic rings. The maximum absolute atomic E-state index is 12.4. The van der Waals surface area contributed by atoms with Gasteiger partial charge < -0.3 is 19.5 Å². The number of hydrogen-bond acceptors (Lipinski definition) is 7. The van der Waals surface area contributed by atoms with Gasteiger partial charge in [0.1, 0.15) is 34.5 Å². The first kappa shape index (κ1) is 18.8. The predicted octanol–water partition coefficient (Wildman–Crippen LogP) is 1.04.